The molecule has 0 aromatic rings. The maximum atomic E-state index is 5.47. The van der Waals surface area contributed by atoms with Crippen LogP contribution < -0.4 is 5.32 Å². The van der Waals surface area contributed by atoms with Gasteiger partial charge in [-0.15, -0.1) is 0 Å². The third-order valence-corrected chi connectivity index (χ3v) is 4.60. The smallest absolute Gasteiger partial charge is 0.0652 e. The van der Waals surface area contributed by atoms with Crippen LogP contribution in [0, 0.1) is 11.3 Å². The van der Waals surface area contributed by atoms with Crippen molar-refractivity contribution in [1.82, 2.24) is 5.32 Å². The van der Waals surface area contributed by atoms with Gasteiger partial charge < -0.3 is 14.8 Å². The normalized spacial score (nSPS) is 39.4. The summed E-state index contributed by atoms with van der Waals surface area (Å²) in [6.45, 7) is 8.73. The van der Waals surface area contributed by atoms with E-state index in [1.165, 1.54) is 6.42 Å². The highest BCUT2D eigenvalue weighted by Crippen LogP contribution is 2.42. The average Bonchev–Trinajstić information content (AvgIpc) is 2.76. The van der Waals surface area contributed by atoms with E-state index in [-0.39, 0.29) is 5.41 Å². The zero-order valence-electron chi connectivity index (χ0n) is 11.0. The van der Waals surface area contributed by atoms with Gasteiger partial charge in [0.2, 0.25) is 0 Å². The first kappa shape index (κ1) is 12.3. The van der Waals surface area contributed by atoms with Crippen LogP contribution >= 0.6 is 0 Å². The lowest BCUT2D eigenvalue weighted by molar-refractivity contribution is -0.101. The van der Waals surface area contributed by atoms with Gasteiger partial charge in [0, 0.05) is 31.2 Å². The van der Waals surface area contributed by atoms with E-state index in [4.69, 9.17) is 9.47 Å². The second kappa shape index (κ2) is 4.63. The first-order valence-corrected chi connectivity index (χ1v) is 6.42. The van der Waals surface area contributed by atoms with Crippen molar-refractivity contribution in [3.05, 3.63) is 0 Å². The van der Waals surface area contributed by atoms with Crippen LogP contribution in [0.5, 0.6) is 0 Å². The number of methoxy groups -OCH3 is 1. The zero-order chi connectivity index (χ0) is 11.8. The van der Waals surface area contributed by atoms with Crippen molar-refractivity contribution in [1.29, 1.82) is 0 Å². The molecule has 94 valence electrons. The van der Waals surface area contributed by atoms with Gasteiger partial charge in [-0.05, 0) is 25.7 Å². The van der Waals surface area contributed by atoms with Gasteiger partial charge >= 0.3 is 0 Å². The van der Waals surface area contributed by atoms with E-state index in [9.17, 15) is 0 Å². The maximum absolute atomic E-state index is 5.47. The van der Waals surface area contributed by atoms with Crippen LogP contribution in [0.2, 0.25) is 0 Å². The molecule has 2 fully saturated rings. The first-order chi connectivity index (χ1) is 7.55. The molecule has 3 heteroatoms. The Morgan fingerprint density at radius 3 is 2.69 bits per heavy atom. The quantitative estimate of drug-likeness (QED) is 0.794. The van der Waals surface area contributed by atoms with E-state index in [2.05, 4.69) is 26.1 Å². The molecule has 4 unspecified atom stereocenters. The minimum atomic E-state index is 0.266. The van der Waals surface area contributed by atoms with Gasteiger partial charge in [0.05, 0.1) is 12.7 Å². The number of nitrogens with one attached hydrogen (secondary N) is 1. The molecule has 0 aromatic heterocycles. The molecule has 1 N–H and O–H groups in total. The molecule has 4 atom stereocenters. The average molecular weight is 227 g/mol. The van der Waals surface area contributed by atoms with Crippen molar-refractivity contribution in [2.75, 3.05) is 20.3 Å². The summed E-state index contributed by atoms with van der Waals surface area (Å²) in [6, 6.07) is 1.15. The van der Waals surface area contributed by atoms with Crippen molar-refractivity contribution < 1.29 is 9.47 Å². The van der Waals surface area contributed by atoms with Crippen molar-refractivity contribution >= 4 is 0 Å². The van der Waals surface area contributed by atoms with Crippen LogP contribution in [0.15, 0.2) is 0 Å². The molecular weight excluding hydrogens is 202 g/mol. The summed E-state index contributed by atoms with van der Waals surface area (Å²) >= 11 is 0. The number of ether oxygens (including phenoxy) is 2. The van der Waals surface area contributed by atoms with Gasteiger partial charge in [-0.1, -0.05) is 13.8 Å². The van der Waals surface area contributed by atoms with Gasteiger partial charge in [-0.2, -0.15) is 0 Å². The lowest BCUT2D eigenvalue weighted by Crippen LogP contribution is -2.63. The molecule has 1 aliphatic heterocycles. The molecule has 0 aromatic carbocycles. The first-order valence-electron chi connectivity index (χ1n) is 6.42. The minimum Gasteiger partial charge on any atom is -0.381 e. The molecule has 1 saturated heterocycles. The van der Waals surface area contributed by atoms with E-state index in [0.29, 0.717) is 24.1 Å². The number of hydrogen-bond donors (Lipinski definition) is 1. The Balaban J connectivity index is 1.82. The molecule has 0 bridgehead atoms. The largest absolute Gasteiger partial charge is 0.381 e. The standard InChI is InChI=1S/C13H25NO2/c1-9(10-5-6-16-8-10)14-11-7-12(15-4)13(11,2)3/h9-12,14H,5-8H2,1-4H3. The third kappa shape index (κ3) is 2.13. The van der Waals surface area contributed by atoms with E-state index >= 15 is 0 Å². The van der Waals surface area contributed by atoms with Crippen molar-refractivity contribution in [3.8, 4) is 0 Å². The molecule has 0 spiro atoms. The van der Waals surface area contributed by atoms with Crippen LogP contribution in [-0.2, 0) is 9.47 Å². The molecule has 16 heavy (non-hydrogen) atoms. The molecule has 2 rings (SSSR count). The Kier molecular flexibility index (Phi) is 3.57. The highest BCUT2D eigenvalue weighted by atomic mass is 16.5. The second-order valence-corrected chi connectivity index (χ2v) is 5.91. The maximum Gasteiger partial charge on any atom is 0.0652 e. The monoisotopic (exact) mass is 227 g/mol. The van der Waals surface area contributed by atoms with E-state index in [1.54, 1.807) is 0 Å². The molecule has 1 saturated carbocycles. The van der Waals surface area contributed by atoms with Gasteiger partial charge in [0.1, 0.15) is 0 Å². The Bertz CT molecular complexity index is 236. The fourth-order valence-corrected chi connectivity index (χ4v) is 2.97. The van der Waals surface area contributed by atoms with Gasteiger partial charge in [-0.3, -0.25) is 0 Å². The van der Waals surface area contributed by atoms with Crippen LogP contribution in [0.1, 0.15) is 33.6 Å². The SMILES string of the molecule is COC1CC(NC(C)C2CCOC2)C1(C)C. The molecule has 3 nitrogen and oxygen atoms in total. The van der Waals surface area contributed by atoms with Crippen LogP contribution in [0.3, 0.4) is 0 Å². The topological polar surface area (TPSA) is 30.5 Å². The molecule has 1 aliphatic carbocycles. The Hall–Kier alpha value is -0.120. The summed E-state index contributed by atoms with van der Waals surface area (Å²) in [5.41, 5.74) is 0.266. The van der Waals surface area contributed by atoms with Gasteiger partial charge in [-0.25, -0.2) is 0 Å². The van der Waals surface area contributed by atoms with E-state index < -0.39 is 0 Å². The van der Waals surface area contributed by atoms with Crippen LogP contribution in [-0.4, -0.2) is 38.5 Å². The van der Waals surface area contributed by atoms with Crippen molar-refractivity contribution in [2.45, 2.75) is 51.8 Å². The summed E-state index contributed by atoms with van der Waals surface area (Å²) in [5.74, 6) is 0.692. The van der Waals surface area contributed by atoms with Gasteiger partial charge in [0.25, 0.3) is 0 Å². The lowest BCUT2D eigenvalue weighted by Gasteiger charge is -2.52. The number of hydrogen-bond acceptors (Lipinski definition) is 3. The Morgan fingerprint density at radius 1 is 1.44 bits per heavy atom. The Labute approximate surface area is 98.9 Å². The molecule has 2 aliphatic rings. The predicted octanol–water partition coefficient (Wildman–Crippen LogP) is 1.81. The summed E-state index contributed by atoms with van der Waals surface area (Å²) < 4.78 is 10.9. The Morgan fingerprint density at radius 2 is 2.19 bits per heavy atom. The predicted molar refractivity (Wildman–Crippen MR) is 64.5 cm³/mol. The fourth-order valence-electron chi connectivity index (χ4n) is 2.97. The minimum absolute atomic E-state index is 0.266. The summed E-state index contributed by atoms with van der Waals surface area (Å²) in [5, 5.41) is 3.75. The van der Waals surface area contributed by atoms with E-state index in [1.807, 2.05) is 7.11 Å². The zero-order valence-corrected chi connectivity index (χ0v) is 11.0. The van der Waals surface area contributed by atoms with Crippen LogP contribution in [0.4, 0.5) is 0 Å². The fraction of sp³-hybridized carbons (Fsp3) is 1.00. The summed E-state index contributed by atoms with van der Waals surface area (Å²) in [7, 11) is 1.82. The van der Waals surface area contributed by atoms with Crippen LogP contribution in [0.25, 0.3) is 0 Å². The molecular formula is C13H25NO2. The summed E-state index contributed by atoms with van der Waals surface area (Å²) in [6.07, 6.45) is 2.76. The second-order valence-electron chi connectivity index (χ2n) is 5.91. The lowest BCUT2D eigenvalue weighted by atomic mass is 9.64. The number of rotatable bonds is 4. The van der Waals surface area contributed by atoms with E-state index in [0.717, 1.165) is 19.6 Å². The van der Waals surface area contributed by atoms with Gasteiger partial charge in [0.15, 0.2) is 0 Å². The van der Waals surface area contributed by atoms with Crippen molar-refractivity contribution in [3.63, 3.8) is 0 Å². The molecule has 0 amide bonds. The highest BCUT2D eigenvalue weighted by Gasteiger charge is 2.49. The summed E-state index contributed by atoms with van der Waals surface area (Å²) in [4.78, 5) is 0. The molecule has 1 heterocycles. The highest BCUT2D eigenvalue weighted by molar-refractivity contribution is 5.03. The molecule has 0 radical (unpaired) electrons. The third-order valence-electron chi connectivity index (χ3n) is 4.60. The van der Waals surface area contributed by atoms with Crippen molar-refractivity contribution in [2.24, 2.45) is 11.3 Å².